The summed E-state index contributed by atoms with van der Waals surface area (Å²) in [5.41, 5.74) is 2.73. The zero-order valence-corrected chi connectivity index (χ0v) is 16.0. The third-order valence-electron chi connectivity index (χ3n) is 4.32. The van der Waals surface area contributed by atoms with E-state index in [2.05, 4.69) is 30.9 Å². The molecular formula is C21H21N7O. The van der Waals surface area contributed by atoms with E-state index in [1.54, 1.807) is 12.3 Å². The first-order valence-corrected chi connectivity index (χ1v) is 9.28. The van der Waals surface area contributed by atoms with Gasteiger partial charge in [-0.2, -0.15) is 0 Å². The van der Waals surface area contributed by atoms with Crippen LogP contribution in [0.3, 0.4) is 0 Å². The Labute approximate surface area is 168 Å². The largest absolute Gasteiger partial charge is 0.368 e. The van der Waals surface area contributed by atoms with E-state index in [1.165, 1.54) is 6.33 Å². The molecule has 0 aliphatic heterocycles. The molecule has 0 bridgehead atoms. The molecule has 0 saturated heterocycles. The monoisotopic (exact) mass is 387 g/mol. The predicted molar refractivity (Wildman–Crippen MR) is 113 cm³/mol. The average Bonchev–Trinajstić information content (AvgIpc) is 3.16. The maximum Gasteiger partial charge on any atom is 0.252 e. The van der Waals surface area contributed by atoms with E-state index in [0.29, 0.717) is 30.3 Å². The molecule has 8 heteroatoms. The highest BCUT2D eigenvalue weighted by molar-refractivity contribution is 5.95. The van der Waals surface area contributed by atoms with E-state index in [1.807, 2.05) is 60.1 Å². The number of rotatable bonds is 7. The van der Waals surface area contributed by atoms with Crippen molar-refractivity contribution in [2.45, 2.75) is 6.92 Å². The summed E-state index contributed by atoms with van der Waals surface area (Å²) in [7, 11) is 0. The molecule has 0 unspecified atom stereocenters. The molecule has 0 saturated carbocycles. The number of hydrogen-bond acceptors (Lipinski definition) is 6. The number of nitrogens with one attached hydrogen (secondary N) is 3. The summed E-state index contributed by atoms with van der Waals surface area (Å²) in [5.74, 6) is 1.93. The van der Waals surface area contributed by atoms with Gasteiger partial charge in [0.25, 0.3) is 5.91 Å². The van der Waals surface area contributed by atoms with Crippen molar-refractivity contribution in [2.75, 3.05) is 23.7 Å². The molecule has 0 fully saturated rings. The molecule has 3 N–H and O–H groups in total. The number of aryl methyl sites for hydroxylation is 1. The van der Waals surface area contributed by atoms with Gasteiger partial charge in [-0.15, -0.1) is 0 Å². The van der Waals surface area contributed by atoms with Gasteiger partial charge in [-0.05, 0) is 42.8 Å². The molecular weight excluding hydrogens is 366 g/mol. The van der Waals surface area contributed by atoms with Crippen molar-refractivity contribution in [3.05, 3.63) is 78.5 Å². The Balaban J connectivity index is 1.28. The number of carbonyl (C=O) groups excluding carboxylic acids is 1. The lowest BCUT2D eigenvalue weighted by atomic mass is 10.3. The first-order valence-electron chi connectivity index (χ1n) is 9.28. The van der Waals surface area contributed by atoms with Crippen molar-refractivity contribution in [1.29, 1.82) is 0 Å². The minimum Gasteiger partial charge on any atom is -0.368 e. The Bertz CT molecular complexity index is 1110. The van der Waals surface area contributed by atoms with Crippen LogP contribution in [0.1, 0.15) is 15.9 Å². The Hall–Kier alpha value is -3.94. The SMILES string of the molecule is Cc1ccnc(Nc2cc(NCCNC(=O)c3cc4ccccn4c3)ncn2)c1. The molecule has 0 aromatic carbocycles. The summed E-state index contributed by atoms with van der Waals surface area (Å²) in [4.78, 5) is 25.0. The van der Waals surface area contributed by atoms with E-state index >= 15 is 0 Å². The molecule has 4 heterocycles. The van der Waals surface area contributed by atoms with Crippen molar-refractivity contribution in [3.63, 3.8) is 0 Å². The second kappa shape index (κ2) is 8.39. The molecule has 0 spiro atoms. The zero-order chi connectivity index (χ0) is 20.1. The summed E-state index contributed by atoms with van der Waals surface area (Å²) in [5, 5.41) is 9.24. The molecule has 4 aromatic rings. The fourth-order valence-corrected chi connectivity index (χ4v) is 2.91. The van der Waals surface area contributed by atoms with Crippen LogP contribution < -0.4 is 16.0 Å². The molecule has 29 heavy (non-hydrogen) atoms. The Morgan fingerprint density at radius 3 is 2.72 bits per heavy atom. The van der Waals surface area contributed by atoms with Gasteiger partial charge in [-0.3, -0.25) is 4.79 Å². The lowest BCUT2D eigenvalue weighted by molar-refractivity contribution is 0.0955. The lowest BCUT2D eigenvalue weighted by Crippen LogP contribution is -2.28. The Morgan fingerprint density at radius 1 is 1.00 bits per heavy atom. The van der Waals surface area contributed by atoms with Crippen LogP contribution in [0, 0.1) is 6.92 Å². The zero-order valence-electron chi connectivity index (χ0n) is 16.0. The Kier molecular flexibility index (Phi) is 5.33. The molecule has 0 atom stereocenters. The summed E-state index contributed by atoms with van der Waals surface area (Å²) in [6.45, 7) is 3.01. The first kappa shape index (κ1) is 18.4. The van der Waals surface area contributed by atoms with E-state index in [9.17, 15) is 4.79 Å². The normalized spacial score (nSPS) is 10.7. The predicted octanol–water partition coefficient (Wildman–Crippen LogP) is 3.02. The number of nitrogens with zero attached hydrogens (tertiary/aromatic N) is 4. The van der Waals surface area contributed by atoms with Gasteiger partial charge in [0.2, 0.25) is 0 Å². The van der Waals surface area contributed by atoms with Crippen molar-refractivity contribution >= 4 is 28.9 Å². The molecule has 0 aliphatic rings. The van der Waals surface area contributed by atoms with Crippen LogP contribution in [0.15, 0.2) is 67.4 Å². The van der Waals surface area contributed by atoms with Gasteiger partial charge >= 0.3 is 0 Å². The van der Waals surface area contributed by atoms with Gasteiger partial charge in [0.1, 0.15) is 23.8 Å². The van der Waals surface area contributed by atoms with E-state index in [-0.39, 0.29) is 5.91 Å². The highest BCUT2D eigenvalue weighted by atomic mass is 16.1. The van der Waals surface area contributed by atoms with Gasteiger partial charge in [0.15, 0.2) is 0 Å². The third kappa shape index (κ3) is 4.67. The molecule has 8 nitrogen and oxygen atoms in total. The summed E-state index contributed by atoms with van der Waals surface area (Å²) >= 11 is 0. The molecule has 4 aromatic heterocycles. The number of carbonyl (C=O) groups is 1. The average molecular weight is 387 g/mol. The van der Waals surface area contributed by atoms with Gasteiger partial charge in [-0.25, -0.2) is 15.0 Å². The van der Waals surface area contributed by atoms with E-state index in [0.717, 1.165) is 16.9 Å². The summed E-state index contributed by atoms with van der Waals surface area (Å²) < 4.78 is 1.92. The number of fused-ring (bicyclic) bond motifs is 1. The molecule has 4 rings (SSSR count). The lowest BCUT2D eigenvalue weighted by Gasteiger charge is -2.09. The fourth-order valence-electron chi connectivity index (χ4n) is 2.91. The minimum absolute atomic E-state index is 0.105. The van der Waals surface area contributed by atoms with Crippen molar-refractivity contribution in [3.8, 4) is 0 Å². The topological polar surface area (TPSA) is 96.2 Å². The van der Waals surface area contributed by atoms with Crippen LogP contribution in [0.2, 0.25) is 0 Å². The van der Waals surface area contributed by atoms with Crippen LogP contribution in [-0.2, 0) is 0 Å². The maximum atomic E-state index is 12.3. The number of amides is 1. The number of anilines is 3. The molecule has 146 valence electrons. The van der Waals surface area contributed by atoms with Crippen LogP contribution in [0.5, 0.6) is 0 Å². The van der Waals surface area contributed by atoms with Crippen LogP contribution in [0.4, 0.5) is 17.5 Å². The minimum atomic E-state index is -0.105. The van der Waals surface area contributed by atoms with Crippen LogP contribution in [0.25, 0.3) is 5.52 Å². The molecule has 1 amide bonds. The molecule has 0 radical (unpaired) electrons. The molecule has 0 aliphatic carbocycles. The maximum absolute atomic E-state index is 12.3. The first-order chi connectivity index (χ1) is 14.2. The quantitative estimate of drug-likeness (QED) is 0.422. The van der Waals surface area contributed by atoms with Crippen molar-refractivity contribution < 1.29 is 4.79 Å². The highest BCUT2D eigenvalue weighted by Crippen LogP contribution is 2.15. The van der Waals surface area contributed by atoms with Crippen LogP contribution >= 0.6 is 0 Å². The van der Waals surface area contributed by atoms with Crippen molar-refractivity contribution in [2.24, 2.45) is 0 Å². The van der Waals surface area contributed by atoms with Gasteiger partial charge in [0, 0.05) is 43.3 Å². The fraction of sp³-hybridized carbons (Fsp3) is 0.143. The Morgan fingerprint density at radius 2 is 1.86 bits per heavy atom. The van der Waals surface area contributed by atoms with Crippen LogP contribution in [-0.4, -0.2) is 38.3 Å². The second-order valence-corrected chi connectivity index (χ2v) is 6.58. The standard InChI is InChI=1S/C21H21N7O/c1-15-5-6-22-19(10-15)27-20-12-18(25-14-26-20)23-7-8-24-21(29)16-11-17-4-2-3-9-28(17)13-16/h2-6,9-14H,7-8H2,1H3,(H,24,29)(H2,22,23,25,26,27). The number of aromatic nitrogens is 4. The van der Waals surface area contributed by atoms with Gasteiger partial charge in [-0.1, -0.05) is 6.07 Å². The second-order valence-electron chi connectivity index (χ2n) is 6.58. The highest BCUT2D eigenvalue weighted by Gasteiger charge is 2.08. The third-order valence-corrected chi connectivity index (χ3v) is 4.32. The number of pyridine rings is 2. The summed E-state index contributed by atoms with van der Waals surface area (Å²) in [6.07, 6.45) is 6.96. The summed E-state index contributed by atoms with van der Waals surface area (Å²) in [6, 6.07) is 13.4. The number of hydrogen-bond donors (Lipinski definition) is 3. The van der Waals surface area contributed by atoms with Gasteiger partial charge in [0.05, 0.1) is 5.56 Å². The van der Waals surface area contributed by atoms with E-state index in [4.69, 9.17) is 0 Å². The van der Waals surface area contributed by atoms with Crippen molar-refractivity contribution in [1.82, 2.24) is 24.7 Å². The van der Waals surface area contributed by atoms with Gasteiger partial charge < -0.3 is 20.4 Å². The smallest absolute Gasteiger partial charge is 0.252 e. The van der Waals surface area contributed by atoms with E-state index < -0.39 is 0 Å².